The minimum Gasteiger partial charge on any atom is -0.336 e. The van der Waals surface area contributed by atoms with Crippen molar-refractivity contribution in [2.45, 2.75) is 51.6 Å². The van der Waals surface area contributed by atoms with Crippen LogP contribution in [0.15, 0.2) is 61.4 Å². The van der Waals surface area contributed by atoms with Gasteiger partial charge in [-0.3, -0.25) is 0 Å². The van der Waals surface area contributed by atoms with Crippen LogP contribution >= 0.6 is 12.4 Å². The highest BCUT2D eigenvalue weighted by molar-refractivity contribution is 5.85. The quantitative estimate of drug-likeness (QED) is 0.509. The normalized spacial score (nSPS) is 11.9. The number of aromatic nitrogens is 4. The van der Waals surface area contributed by atoms with Crippen LogP contribution in [0.3, 0.4) is 0 Å². The van der Waals surface area contributed by atoms with E-state index in [4.69, 9.17) is 4.98 Å². The summed E-state index contributed by atoms with van der Waals surface area (Å²) in [5.74, 6) is 1.38. The summed E-state index contributed by atoms with van der Waals surface area (Å²) in [6.45, 7) is 4.15. The van der Waals surface area contributed by atoms with Gasteiger partial charge >= 0.3 is 0 Å². The van der Waals surface area contributed by atoms with Crippen molar-refractivity contribution in [1.29, 1.82) is 0 Å². The lowest BCUT2D eigenvalue weighted by Gasteiger charge is -2.19. The van der Waals surface area contributed by atoms with Gasteiger partial charge in [0.15, 0.2) is 0 Å². The smallest absolute Gasteiger partial charge is 0.118 e. The van der Waals surface area contributed by atoms with Crippen molar-refractivity contribution in [2.24, 2.45) is 0 Å². The molecule has 1 unspecified atom stereocenters. The second-order valence-electron chi connectivity index (χ2n) is 6.26. The first kappa shape index (κ1) is 19.3. The third-order valence-corrected chi connectivity index (χ3v) is 4.47. The molecule has 2 aromatic heterocycles. The van der Waals surface area contributed by atoms with Crippen molar-refractivity contribution in [2.75, 3.05) is 0 Å². The Morgan fingerprint density at radius 1 is 1.00 bits per heavy atom. The molecule has 2 heterocycles. The zero-order valence-corrected chi connectivity index (χ0v) is 15.6. The van der Waals surface area contributed by atoms with Crippen molar-refractivity contribution in [3.63, 3.8) is 0 Å². The molecular formula is C20H27ClN4. The van der Waals surface area contributed by atoms with Crippen molar-refractivity contribution in [3.8, 4) is 0 Å². The van der Waals surface area contributed by atoms with Gasteiger partial charge in [-0.15, -0.1) is 12.4 Å². The number of hydrogen-bond donors (Lipinski definition) is 0. The minimum absolute atomic E-state index is 0. The van der Waals surface area contributed by atoms with E-state index in [9.17, 15) is 0 Å². The van der Waals surface area contributed by atoms with Gasteiger partial charge in [-0.25, -0.2) is 9.97 Å². The number of aryl methyl sites for hydroxylation is 1. The Balaban J connectivity index is 0.00000225. The van der Waals surface area contributed by atoms with E-state index in [-0.39, 0.29) is 18.3 Å². The van der Waals surface area contributed by atoms with Gasteiger partial charge in [0.05, 0.1) is 12.2 Å². The van der Waals surface area contributed by atoms with Crippen LogP contribution < -0.4 is 0 Å². The number of hydrogen-bond acceptors (Lipinski definition) is 2. The zero-order chi connectivity index (χ0) is 16.6. The summed E-state index contributed by atoms with van der Waals surface area (Å²) in [5, 5.41) is 0. The number of imidazole rings is 2. The van der Waals surface area contributed by atoms with Crippen LogP contribution in [0.4, 0.5) is 0 Å². The van der Waals surface area contributed by atoms with E-state index in [1.165, 1.54) is 31.2 Å². The molecule has 0 fully saturated rings. The molecule has 0 saturated carbocycles. The molecule has 0 bridgehead atoms. The molecule has 4 nitrogen and oxygen atoms in total. The zero-order valence-electron chi connectivity index (χ0n) is 14.8. The fourth-order valence-electron chi connectivity index (χ4n) is 3.16. The highest BCUT2D eigenvalue weighted by Gasteiger charge is 2.19. The Hall–Kier alpha value is -2.07. The summed E-state index contributed by atoms with van der Waals surface area (Å²) < 4.78 is 4.46. The van der Waals surface area contributed by atoms with E-state index < -0.39 is 0 Å². The first-order valence-corrected chi connectivity index (χ1v) is 8.90. The van der Waals surface area contributed by atoms with Crippen LogP contribution in [0.1, 0.15) is 49.9 Å². The molecule has 3 rings (SSSR count). The van der Waals surface area contributed by atoms with Crippen LogP contribution in [-0.2, 0) is 13.1 Å². The summed E-state index contributed by atoms with van der Waals surface area (Å²) in [4.78, 5) is 8.88. The molecule has 0 aliphatic carbocycles. The lowest BCUT2D eigenvalue weighted by molar-refractivity contribution is 0.524. The monoisotopic (exact) mass is 358 g/mol. The molecule has 3 aromatic rings. The number of unbranched alkanes of at least 4 members (excludes halogenated alkanes) is 3. The van der Waals surface area contributed by atoms with Crippen molar-refractivity contribution in [3.05, 3.63) is 72.8 Å². The number of rotatable bonds is 9. The average Bonchev–Trinajstić information content (AvgIpc) is 3.29. The molecule has 0 N–H and O–H groups in total. The Kier molecular flexibility index (Phi) is 7.74. The van der Waals surface area contributed by atoms with Gasteiger partial charge in [-0.05, 0) is 12.0 Å². The first-order valence-electron chi connectivity index (χ1n) is 8.90. The molecule has 25 heavy (non-hydrogen) atoms. The lowest BCUT2D eigenvalue weighted by atomic mass is 9.98. The molecule has 0 amide bonds. The minimum atomic E-state index is 0. The second kappa shape index (κ2) is 10.0. The molecule has 5 heteroatoms. The molecule has 0 aliphatic heterocycles. The maximum Gasteiger partial charge on any atom is 0.118 e. The van der Waals surface area contributed by atoms with Crippen LogP contribution in [-0.4, -0.2) is 19.1 Å². The van der Waals surface area contributed by atoms with Crippen LogP contribution in [0.25, 0.3) is 0 Å². The number of nitrogens with zero attached hydrogens (tertiary/aromatic N) is 4. The molecular weight excluding hydrogens is 332 g/mol. The predicted molar refractivity (Wildman–Crippen MR) is 104 cm³/mol. The van der Waals surface area contributed by atoms with E-state index in [1.807, 2.05) is 24.9 Å². The van der Waals surface area contributed by atoms with Gasteiger partial charge in [0.1, 0.15) is 5.82 Å². The van der Waals surface area contributed by atoms with Crippen molar-refractivity contribution < 1.29 is 0 Å². The first-order chi connectivity index (χ1) is 11.9. The summed E-state index contributed by atoms with van der Waals surface area (Å²) in [6.07, 6.45) is 14.8. The van der Waals surface area contributed by atoms with E-state index in [2.05, 4.69) is 57.6 Å². The van der Waals surface area contributed by atoms with Crippen molar-refractivity contribution in [1.82, 2.24) is 19.1 Å². The van der Waals surface area contributed by atoms with Gasteiger partial charge in [0, 0.05) is 37.9 Å². The highest BCUT2D eigenvalue weighted by Crippen LogP contribution is 2.25. The Morgan fingerprint density at radius 3 is 2.56 bits per heavy atom. The summed E-state index contributed by atoms with van der Waals surface area (Å²) in [6, 6.07) is 10.7. The molecule has 1 atom stereocenters. The fourth-order valence-corrected chi connectivity index (χ4v) is 3.16. The second-order valence-corrected chi connectivity index (χ2v) is 6.26. The van der Waals surface area contributed by atoms with Gasteiger partial charge < -0.3 is 9.13 Å². The number of halogens is 1. The molecule has 0 aliphatic rings. The summed E-state index contributed by atoms with van der Waals surface area (Å²) in [7, 11) is 0. The van der Waals surface area contributed by atoms with Crippen molar-refractivity contribution >= 4 is 12.4 Å². The van der Waals surface area contributed by atoms with E-state index in [1.54, 1.807) is 0 Å². The molecule has 134 valence electrons. The highest BCUT2D eigenvalue weighted by atomic mass is 35.5. The van der Waals surface area contributed by atoms with E-state index in [0.717, 1.165) is 18.9 Å². The lowest BCUT2D eigenvalue weighted by Crippen LogP contribution is -2.15. The van der Waals surface area contributed by atoms with Gasteiger partial charge in [-0.1, -0.05) is 56.5 Å². The maximum absolute atomic E-state index is 4.70. The Labute approximate surface area is 156 Å². The van der Waals surface area contributed by atoms with Gasteiger partial charge in [0.25, 0.3) is 0 Å². The van der Waals surface area contributed by atoms with Gasteiger partial charge in [0.2, 0.25) is 0 Å². The Morgan fingerprint density at radius 2 is 1.84 bits per heavy atom. The van der Waals surface area contributed by atoms with E-state index in [0.29, 0.717) is 0 Å². The van der Waals surface area contributed by atoms with Crippen LogP contribution in [0.5, 0.6) is 0 Å². The largest absolute Gasteiger partial charge is 0.336 e. The maximum atomic E-state index is 4.70. The van der Waals surface area contributed by atoms with E-state index >= 15 is 0 Å². The fraction of sp³-hybridized carbons (Fsp3) is 0.400. The third kappa shape index (κ3) is 5.20. The van der Waals surface area contributed by atoms with Gasteiger partial charge in [-0.2, -0.15) is 0 Å². The molecule has 0 radical (unpaired) electrons. The summed E-state index contributed by atoms with van der Waals surface area (Å²) >= 11 is 0. The summed E-state index contributed by atoms with van der Waals surface area (Å²) in [5.41, 5.74) is 1.30. The number of benzene rings is 1. The average molecular weight is 359 g/mol. The SMILES string of the molecule is CCCCCCn1ccnc1C(Cn1ccnc1)c1ccccc1.Cl. The topological polar surface area (TPSA) is 35.6 Å². The van der Waals surface area contributed by atoms with Crippen LogP contribution in [0, 0.1) is 0 Å². The Bertz CT molecular complexity index is 706. The molecule has 0 saturated heterocycles. The molecule has 0 spiro atoms. The molecule has 1 aromatic carbocycles. The standard InChI is InChI=1S/C20H26N4.ClH/c1-2-3-4-8-13-24-15-12-22-20(24)19(16-23-14-11-21-17-23)18-9-6-5-7-10-18;/h5-7,9-12,14-15,17,19H,2-4,8,13,16H2,1H3;1H. The predicted octanol–water partition coefficient (Wildman–Crippen LogP) is 4.91. The third-order valence-electron chi connectivity index (χ3n) is 4.47. The van der Waals surface area contributed by atoms with Crippen LogP contribution in [0.2, 0.25) is 0 Å².